The standard InChI is InChI=1S/C45H44Br2FN13O/c1-25-41(46)38(23-51-32-6-10-50-11-7-32)57-44-34(21-55-60(25)44)29-16-27-14-26(2-4-36(27)53-19-29)15-40(62)59-12-8-33(9-13-59)52-24-39-42(47)43(49)61-45(58-39)35(22-56-61)30-17-28-18-31(48)3-5-37(28)54-20-30/h2-5,14,16-22,32-33,50-52H,6-13,15,23-24,49H2,1H3. The summed E-state index contributed by atoms with van der Waals surface area (Å²) in [7, 11) is 0. The molecule has 316 valence electrons. The molecule has 5 N–H and O–H groups in total. The number of anilines is 1. The lowest BCUT2D eigenvalue weighted by molar-refractivity contribution is -0.131. The van der Waals surface area contributed by atoms with E-state index in [-0.39, 0.29) is 17.8 Å². The maximum absolute atomic E-state index is 14.0. The molecule has 62 heavy (non-hydrogen) atoms. The number of likely N-dealkylation sites (tertiary alicyclic amines) is 1. The number of nitrogen functional groups attached to an aromatic ring is 1. The van der Waals surface area contributed by atoms with Crippen molar-refractivity contribution >= 4 is 76.7 Å². The van der Waals surface area contributed by atoms with Gasteiger partial charge >= 0.3 is 0 Å². The first-order valence-corrected chi connectivity index (χ1v) is 22.5. The largest absolute Gasteiger partial charge is 0.383 e. The summed E-state index contributed by atoms with van der Waals surface area (Å²) in [4.78, 5) is 35.0. The van der Waals surface area contributed by atoms with Gasteiger partial charge in [-0.05, 0) is 126 Å². The summed E-state index contributed by atoms with van der Waals surface area (Å²) in [6, 6.07) is 15.2. The number of benzene rings is 2. The summed E-state index contributed by atoms with van der Waals surface area (Å²) in [5.41, 5.74) is 16.5. The van der Waals surface area contributed by atoms with Crippen LogP contribution in [0.2, 0.25) is 0 Å². The van der Waals surface area contributed by atoms with Crippen LogP contribution in [0.25, 0.3) is 55.4 Å². The van der Waals surface area contributed by atoms with E-state index in [2.05, 4.69) is 76.9 Å². The average molecular weight is 962 g/mol. The molecule has 0 spiro atoms. The number of aryl methyl sites for hydroxylation is 1. The van der Waals surface area contributed by atoms with E-state index in [0.717, 1.165) is 105 Å². The minimum absolute atomic E-state index is 0.104. The van der Waals surface area contributed by atoms with Crippen molar-refractivity contribution in [3.8, 4) is 22.3 Å². The Labute approximate surface area is 373 Å². The van der Waals surface area contributed by atoms with Crippen LogP contribution < -0.4 is 21.7 Å². The van der Waals surface area contributed by atoms with Crippen molar-refractivity contribution < 1.29 is 9.18 Å². The molecule has 2 aliphatic rings. The maximum Gasteiger partial charge on any atom is 0.226 e. The predicted octanol–water partition coefficient (Wildman–Crippen LogP) is 6.92. The fourth-order valence-corrected chi connectivity index (χ4v) is 9.47. The zero-order valence-corrected chi connectivity index (χ0v) is 37.2. The molecule has 8 aromatic rings. The van der Waals surface area contributed by atoms with Gasteiger partial charge in [0.1, 0.15) is 11.6 Å². The number of fused-ring (bicyclic) bond motifs is 4. The monoisotopic (exact) mass is 959 g/mol. The Morgan fingerprint density at radius 2 is 1.35 bits per heavy atom. The molecule has 0 saturated carbocycles. The molecule has 0 bridgehead atoms. The van der Waals surface area contributed by atoms with E-state index in [0.29, 0.717) is 65.5 Å². The Morgan fingerprint density at radius 3 is 2.03 bits per heavy atom. The van der Waals surface area contributed by atoms with Gasteiger partial charge in [0.25, 0.3) is 0 Å². The van der Waals surface area contributed by atoms with Gasteiger partial charge in [-0.2, -0.15) is 14.7 Å². The summed E-state index contributed by atoms with van der Waals surface area (Å²) in [5, 5.41) is 21.6. The van der Waals surface area contributed by atoms with Crippen LogP contribution in [0, 0.1) is 12.7 Å². The van der Waals surface area contributed by atoms with Gasteiger partial charge in [0.15, 0.2) is 11.3 Å². The van der Waals surface area contributed by atoms with E-state index in [9.17, 15) is 9.18 Å². The van der Waals surface area contributed by atoms with E-state index < -0.39 is 0 Å². The lowest BCUT2D eigenvalue weighted by Gasteiger charge is -2.32. The van der Waals surface area contributed by atoms with Crippen LogP contribution in [-0.2, 0) is 24.3 Å². The molecule has 2 aromatic carbocycles. The number of carbonyl (C=O) groups excluding carboxylic acids is 1. The fourth-order valence-electron chi connectivity index (χ4n) is 8.67. The van der Waals surface area contributed by atoms with Gasteiger partial charge in [-0.3, -0.25) is 14.8 Å². The summed E-state index contributed by atoms with van der Waals surface area (Å²) in [6.07, 6.45) is 11.3. The Bertz CT molecular complexity index is 3010. The number of carbonyl (C=O) groups is 1. The maximum atomic E-state index is 14.0. The highest BCUT2D eigenvalue weighted by Crippen LogP contribution is 2.33. The number of halogens is 3. The van der Waals surface area contributed by atoms with Crippen LogP contribution in [0.4, 0.5) is 10.2 Å². The van der Waals surface area contributed by atoms with Gasteiger partial charge < -0.3 is 26.6 Å². The number of amides is 1. The third-order valence-electron chi connectivity index (χ3n) is 12.2. The minimum Gasteiger partial charge on any atom is -0.383 e. The van der Waals surface area contributed by atoms with Crippen molar-refractivity contribution in [1.82, 2.24) is 60.0 Å². The Morgan fingerprint density at radius 1 is 0.774 bits per heavy atom. The number of rotatable bonds is 10. The van der Waals surface area contributed by atoms with Crippen molar-refractivity contribution in [3.05, 3.63) is 111 Å². The topological polar surface area (TPSA) is 169 Å². The second-order valence-corrected chi connectivity index (χ2v) is 17.8. The first kappa shape index (κ1) is 40.6. The number of piperidine rings is 2. The van der Waals surface area contributed by atoms with Gasteiger partial charge in [0, 0.05) is 83.7 Å². The number of hydrogen-bond donors (Lipinski definition) is 4. The smallest absolute Gasteiger partial charge is 0.226 e. The van der Waals surface area contributed by atoms with Crippen molar-refractivity contribution in [1.29, 1.82) is 0 Å². The first-order valence-electron chi connectivity index (χ1n) is 20.9. The summed E-state index contributed by atoms with van der Waals surface area (Å²) >= 11 is 7.43. The second kappa shape index (κ2) is 17.0. The van der Waals surface area contributed by atoms with Gasteiger partial charge in [0.05, 0.1) is 55.9 Å². The van der Waals surface area contributed by atoms with Crippen LogP contribution in [0.3, 0.4) is 0 Å². The molecule has 2 saturated heterocycles. The van der Waals surface area contributed by atoms with Gasteiger partial charge in [0.2, 0.25) is 5.91 Å². The third kappa shape index (κ3) is 7.92. The Hall–Kier alpha value is -5.46. The number of aromatic nitrogens is 8. The quantitative estimate of drug-likeness (QED) is 0.112. The first-order chi connectivity index (χ1) is 30.2. The van der Waals surface area contributed by atoms with Gasteiger partial charge in [-0.1, -0.05) is 6.07 Å². The summed E-state index contributed by atoms with van der Waals surface area (Å²) in [6.45, 7) is 6.55. The molecule has 17 heteroatoms. The number of hydrogen-bond acceptors (Lipinski definition) is 11. The predicted molar refractivity (Wildman–Crippen MR) is 245 cm³/mol. The molecule has 0 atom stereocenters. The zero-order valence-electron chi connectivity index (χ0n) is 34.0. The van der Waals surface area contributed by atoms with Crippen molar-refractivity contribution in [3.63, 3.8) is 0 Å². The molecule has 2 fully saturated rings. The van der Waals surface area contributed by atoms with Crippen LogP contribution in [0.1, 0.15) is 48.3 Å². The fraction of sp³-hybridized carbons (Fsp3) is 0.311. The number of nitrogens with zero attached hydrogens (tertiary/aromatic N) is 9. The van der Waals surface area contributed by atoms with E-state index >= 15 is 0 Å². The normalized spacial score (nSPS) is 15.5. The van der Waals surface area contributed by atoms with E-state index in [1.807, 2.05) is 40.0 Å². The minimum atomic E-state index is -0.323. The summed E-state index contributed by atoms with van der Waals surface area (Å²) < 4.78 is 19.1. The molecule has 10 rings (SSSR count). The Kier molecular flexibility index (Phi) is 11.1. The van der Waals surface area contributed by atoms with Crippen LogP contribution in [0.5, 0.6) is 0 Å². The zero-order chi connectivity index (χ0) is 42.5. The summed E-state index contributed by atoms with van der Waals surface area (Å²) in [5.74, 6) is 0.211. The molecular weight excluding hydrogens is 917 g/mol. The molecule has 14 nitrogen and oxygen atoms in total. The van der Waals surface area contributed by atoms with Crippen LogP contribution in [-0.4, -0.2) is 88.2 Å². The van der Waals surface area contributed by atoms with Crippen molar-refractivity contribution in [2.45, 2.75) is 64.2 Å². The number of pyridine rings is 2. The average Bonchev–Trinajstić information content (AvgIpc) is 3.93. The highest BCUT2D eigenvalue weighted by atomic mass is 79.9. The number of nitrogens with two attached hydrogens (primary N) is 1. The molecular formula is C45H44Br2FN13O. The van der Waals surface area contributed by atoms with Gasteiger partial charge in [-0.25, -0.2) is 18.9 Å². The van der Waals surface area contributed by atoms with Crippen LogP contribution in [0.15, 0.2) is 82.3 Å². The van der Waals surface area contributed by atoms with E-state index in [1.165, 1.54) is 12.1 Å². The van der Waals surface area contributed by atoms with E-state index in [1.54, 1.807) is 23.0 Å². The highest BCUT2D eigenvalue weighted by molar-refractivity contribution is 9.11. The molecule has 8 heterocycles. The molecule has 0 unspecified atom stereocenters. The molecule has 1 amide bonds. The third-order valence-corrected chi connectivity index (χ3v) is 14.1. The molecule has 0 radical (unpaired) electrons. The lowest BCUT2D eigenvalue weighted by atomic mass is 10.0. The lowest BCUT2D eigenvalue weighted by Crippen LogP contribution is -2.45. The molecule has 2 aliphatic heterocycles. The highest BCUT2D eigenvalue weighted by Gasteiger charge is 2.25. The van der Waals surface area contributed by atoms with Crippen molar-refractivity contribution in [2.75, 3.05) is 31.9 Å². The van der Waals surface area contributed by atoms with Crippen LogP contribution >= 0.6 is 31.9 Å². The number of nitrogens with one attached hydrogen (secondary N) is 3. The molecule has 6 aromatic heterocycles. The second-order valence-electron chi connectivity index (χ2n) is 16.2. The Balaban J connectivity index is 0.787. The van der Waals surface area contributed by atoms with Gasteiger partial charge in [-0.15, -0.1) is 0 Å². The molecule has 0 aliphatic carbocycles. The van der Waals surface area contributed by atoms with Crippen molar-refractivity contribution in [2.24, 2.45) is 0 Å². The van der Waals surface area contributed by atoms with E-state index in [4.69, 9.17) is 25.8 Å². The SMILES string of the molecule is Cc1c(Br)c(CNC2CCNCC2)nc2c(-c3cnc4ccc(CC(=O)N5CCC(NCc6nc7c(-c8cnc9ccc(F)cc9c8)cnn7c(N)c6Br)CC5)cc4c3)cnn12.